The molecule has 100 valence electrons. The average molecular weight is 316 g/mol. The third-order valence-electron chi connectivity index (χ3n) is 2.26. The van der Waals surface area contributed by atoms with E-state index in [9.17, 15) is 9.90 Å². The Morgan fingerprint density at radius 1 is 1.56 bits per heavy atom. The minimum Gasteiger partial charge on any atom is -0.389 e. The van der Waals surface area contributed by atoms with E-state index in [1.807, 2.05) is 6.92 Å². The standard InChI is InChI=1S/C12H18BrN3O2/c1-8-9(5-6-10(13)14-8)15-11(17)16(4)7-12(2,3)18/h5-6,18H,7H2,1-4H3,(H,15,17). The minimum absolute atomic E-state index is 0.252. The molecule has 0 radical (unpaired) electrons. The van der Waals surface area contributed by atoms with Crippen LogP contribution in [0.4, 0.5) is 10.5 Å². The SMILES string of the molecule is Cc1nc(Br)ccc1NC(=O)N(C)CC(C)(C)O. The molecule has 0 unspecified atom stereocenters. The molecule has 0 saturated heterocycles. The lowest BCUT2D eigenvalue weighted by atomic mass is 10.1. The van der Waals surface area contributed by atoms with Gasteiger partial charge < -0.3 is 15.3 Å². The van der Waals surface area contributed by atoms with Crippen molar-refractivity contribution in [3.8, 4) is 0 Å². The molecule has 0 aliphatic carbocycles. The van der Waals surface area contributed by atoms with Crippen LogP contribution in [0.2, 0.25) is 0 Å². The number of carbonyl (C=O) groups is 1. The summed E-state index contributed by atoms with van der Waals surface area (Å²) in [6.07, 6.45) is 0. The molecular weight excluding hydrogens is 298 g/mol. The van der Waals surface area contributed by atoms with Crippen molar-refractivity contribution in [2.75, 3.05) is 18.9 Å². The Morgan fingerprint density at radius 2 is 2.17 bits per heavy atom. The second-order valence-corrected chi connectivity index (χ2v) is 5.68. The minimum atomic E-state index is -0.918. The number of hydrogen-bond donors (Lipinski definition) is 2. The van der Waals surface area contributed by atoms with Gasteiger partial charge in [-0.2, -0.15) is 0 Å². The summed E-state index contributed by atoms with van der Waals surface area (Å²) in [4.78, 5) is 17.5. The molecule has 0 fully saturated rings. The maximum Gasteiger partial charge on any atom is 0.321 e. The lowest BCUT2D eigenvalue weighted by molar-refractivity contribution is 0.0550. The Morgan fingerprint density at radius 3 is 2.67 bits per heavy atom. The smallest absolute Gasteiger partial charge is 0.321 e. The maximum absolute atomic E-state index is 11.9. The van der Waals surface area contributed by atoms with Crippen LogP contribution in [0.25, 0.3) is 0 Å². The van der Waals surface area contributed by atoms with Crippen molar-refractivity contribution >= 4 is 27.6 Å². The number of likely N-dealkylation sites (N-methyl/N-ethyl adjacent to an activating group) is 1. The van der Waals surface area contributed by atoms with E-state index in [2.05, 4.69) is 26.2 Å². The monoisotopic (exact) mass is 315 g/mol. The number of nitrogens with one attached hydrogen (secondary N) is 1. The van der Waals surface area contributed by atoms with Gasteiger partial charge in [-0.1, -0.05) is 0 Å². The van der Waals surface area contributed by atoms with Crippen LogP contribution in [0.3, 0.4) is 0 Å². The quantitative estimate of drug-likeness (QED) is 0.842. The van der Waals surface area contributed by atoms with Crippen LogP contribution in [0.5, 0.6) is 0 Å². The summed E-state index contributed by atoms with van der Waals surface area (Å²) in [5, 5.41) is 12.4. The van der Waals surface area contributed by atoms with Gasteiger partial charge in [-0.05, 0) is 48.8 Å². The van der Waals surface area contributed by atoms with Crippen LogP contribution in [-0.2, 0) is 0 Å². The molecule has 18 heavy (non-hydrogen) atoms. The Bertz CT molecular complexity index is 443. The zero-order valence-corrected chi connectivity index (χ0v) is 12.6. The normalized spacial score (nSPS) is 11.2. The van der Waals surface area contributed by atoms with Gasteiger partial charge in [0.2, 0.25) is 0 Å². The van der Waals surface area contributed by atoms with Crippen LogP contribution in [-0.4, -0.2) is 40.2 Å². The van der Waals surface area contributed by atoms with Crippen LogP contribution >= 0.6 is 15.9 Å². The number of carbonyl (C=O) groups excluding carboxylic acids is 1. The Labute approximate surface area is 115 Å². The molecule has 5 nitrogen and oxygen atoms in total. The van der Waals surface area contributed by atoms with Gasteiger partial charge in [-0.3, -0.25) is 0 Å². The first-order valence-electron chi connectivity index (χ1n) is 5.57. The van der Waals surface area contributed by atoms with E-state index in [1.54, 1.807) is 33.0 Å². The van der Waals surface area contributed by atoms with Crippen LogP contribution < -0.4 is 5.32 Å². The van der Waals surface area contributed by atoms with E-state index in [1.165, 1.54) is 4.90 Å². The van der Waals surface area contributed by atoms with Crippen molar-refractivity contribution in [1.29, 1.82) is 0 Å². The van der Waals surface area contributed by atoms with Gasteiger partial charge in [0.05, 0.1) is 23.5 Å². The molecule has 2 amide bonds. The third-order valence-corrected chi connectivity index (χ3v) is 2.71. The fraction of sp³-hybridized carbons (Fsp3) is 0.500. The summed E-state index contributed by atoms with van der Waals surface area (Å²) >= 11 is 3.26. The van der Waals surface area contributed by atoms with Crippen molar-refractivity contribution in [3.05, 3.63) is 22.4 Å². The number of nitrogens with zero attached hydrogens (tertiary/aromatic N) is 2. The van der Waals surface area contributed by atoms with Gasteiger partial charge in [0.15, 0.2) is 0 Å². The molecule has 1 aromatic heterocycles. The largest absolute Gasteiger partial charge is 0.389 e. The number of urea groups is 1. The van der Waals surface area contributed by atoms with E-state index >= 15 is 0 Å². The Kier molecular flexibility index (Phi) is 4.70. The van der Waals surface area contributed by atoms with Crippen molar-refractivity contribution < 1.29 is 9.90 Å². The number of halogens is 1. The molecule has 1 heterocycles. The van der Waals surface area contributed by atoms with Crippen molar-refractivity contribution in [2.45, 2.75) is 26.4 Å². The van der Waals surface area contributed by atoms with Crippen molar-refractivity contribution in [2.24, 2.45) is 0 Å². The number of aryl methyl sites for hydroxylation is 1. The summed E-state index contributed by atoms with van der Waals surface area (Å²) in [7, 11) is 1.63. The van der Waals surface area contributed by atoms with Gasteiger partial charge in [0.1, 0.15) is 4.60 Å². The van der Waals surface area contributed by atoms with Crippen molar-refractivity contribution in [1.82, 2.24) is 9.88 Å². The average Bonchev–Trinajstić information content (AvgIpc) is 2.19. The first-order valence-corrected chi connectivity index (χ1v) is 6.36. The van der Waals surface area contributed by atoms with Gasteiger partial charge >= 0.3 is 6.03 Å². The molecule has 0 bridgehead atoms. The van der Waals surface area contributed by atoms with E-state index < -0.39 is 5.60 Å². The highest BCUT2D eigenvalue weighted by molar-refractivity contribution is 9.10. The van der Waals surface area contributed by atoms with Gasteiger partial charge in [0.25, 0.3) is 0 Å². The van der Waals surface area contributed by atoms with Crippen LogP contribution in [0.1, 0.15) is 19.5 Å². The molecule has 0 aliphatic heterocycles. The lowest BCUT2D eigenvalue weighted by Crippen LogP contribution is -2.41. The van der Waals surface area contributed by atoms with E-state index in [4.69, 9.17) is 0 Å². The number of amides is 2. The molecule has 1 aromatic rings. The first-order chi connectivity index (χ1) is 8.19. The lowest BCUT2D eigenvalue weighted by Gasteiger charge is -2.25. The molecule has 2 N–H and O–H groups in total. The zero-order chi connectivity index (χ0) is 13.9. The number of hydrogen-bond acceptors (Lipinski definition) is 3. The number of pyridine rings is 1. The molecule has 0 aliphatic rings. The Balaban J connectivity index is 2.70. The highest BCUT2D eigenvalue weighted by Gasteiger charge is 2.19. The molecular formula is C12H18BrN3O2. The second-order valence-electron chi connectivity index (χ2n) is 4.87. The van der Waals surface area contributed by atoms with E-state index in [0.29, 0.717) is 5.69 Å². The predicted octanol–water partition coefficient (Wildman–Crippen LogP) is 2.39. The third kappa shape index (κ3) is 4.62. The van der Waals surface area contributed by atoms with Gasteiger partial charge in [-0.25, -0.2) is 9.78 Å². The fourth-order valence-corrected chi connectivity index (χ4v) is 1.92. The second kappa shape index (κ2) is 5.67. The molecule has 0 aromatic carbocycles. The zero-order valence-electron chi connectivity index (χ0n) is 11.0. The molecule has 0 saturated carbocycles. The fourth-order valence-electron chi connectivity index (χ4n) is 1.53. The summed E-state index contributed by atoms with van der Waals surface area (Å²) in [5.41, 5.74) is 0.471. The van der Waals surface area contributed by atoms with Crippen molar-refractivity contribution in [3.63, 3.8) is 0 Å². The summed E-state index contributed by atoms with van der Waals surface area (Å²) in [6, 6.07) is 3.27. The maximum atomic E-state index is 11.9. The van der Waals surface area contributed by atoms with E-state index in [0.717, 1.165) is 10.3 Å². The molecule has 1 rings (SSSR count). The first kappa shape index (κ1) is 14.9. The summed E-state index contributed by atoms with van der Waals surface area (Å²) in [6.45, 7) is 5.38. The van der Waals surface area contributed by atoms with E-state index in [-0.39, 0.29) is 12.6 Å². The topological polar surface area (TPSA) is 65.5 Å². The van der Waals surface area contributed by atoms with Crippen LogP contribution in [0.15, 0.2) is 16.7 Å². The number of anilines is 1. The molecule has 0 spiro atoms. The van der Waals surface area contributed by atoms with Gasteiger partial charge in [-0.15, -0.1) is 0 Å². The molecule has 6 heteroatoms. The Hall–Kier alpha value is -1.14. The summed E-state index contributed by atoms with van der Waals surface area (Å²) < 4.78 is 0.725. The number of aromatic nitrogens is 1. The number of aliphatic hydroxyl groups is 1. The number of rotatable bonds is 3. The highest BCUT2D eigenvalue weighted by atomic mass is 79.9. The van der Waals surface area contributed by atoms with Gasteiger partial charge in [0, 0.05) is 7.05 Å². The predicted molar refractivity (Wildman–Crippen MR) is 74.6 cm³/mol. The highest BCUT2D eigenvalue weighted by Crippen LogP contribution is 2.16. The summed E-state index contributed by atoms with van der Waals surface area (Å²) in [5.74, 6) is 0. The molecule has 0 atom stereocenters. The van der Waals surface area contributed by atoms with Crippen LogP contribution in [0, 0.1) is 6.92 Å².